The topological polar surface area (TPSA) is 41.1 Å². The molecule has 1 saturated heterocycles. The fourth-order valence-electron chi connectivity index (χ4n) is 2.81. The van der Waals surface area contributed by atoms with Gasteiger partial charge in [-0.2, -0.15) is 0 Å². The summed E-state index contributed by atoms with van der Waals surface area (Å²) < 4.78 is 13.7. The Kier molecular flexibility index (Phi) is 7.12. The van der Waals surface area contributed by atoms with Gasteiger partial charge in [0.2, 0.25) is 5.91 Å². The van der Waals surface area contributed by atoms with Gasteiger partial charge in [0, 0.05) is 18.5 Å². The van der Waals surface area contributed by atoms with E-state index in [2.05, 4.69) is 17.6 Å². The van der Waals surface area contributed by atoms with Crippen LogP contribution in [-0.4, -0.2) is 24.5 Å². The number of rotatable bonds is 4. The smallest absolute Gasteiger partial charge is 0.220 e. The molecule has 1 amide bonds. The van der Waals surface area contributed by atoms with E-state index in [0.717, 1.165) is 19.4 Å². The van der Waals surface area contributed by atoms with E-state index in [-0.39, 0.29) is 36.1 Å². The Morgan fingerprint density at radius 3 is 2.86 bits per heavy atom. The van der Waals surface area contributed by atoms with Crippen LogP contribution in [0.4, 0.5) is 4.39 Å². The van der Waals surface area contributed by atoms with Crippen LogP contribution in [0.2, 0.25) is 0 Å². The summed E-state index contributed by atoms with van der Waals surface area (Å²) in [5.74, 6) is -0.321. The number of benzene rings is 1. The first kappa shape index (κ1) is 17.9. The van der Waals surface area contributed by atoms with Gasteiger partial charge in [0.25, 0.3) is 0 Å². The van der Waals surface area contributed by atoms with Crippen LogP contribution in [0.3, 0.4) is 0 Å². The second kappa shape index (κ2) is 8.35. The highest BCUT2D eigenvalue weighted by Gasteiger charge is 2.21. The molecule has 1 aliphatic rings. The van der Waals surface area contributed by atoms with Crippen molar-refractivity contribution in [3.63, 3.8) is 0 Å². The van der Waals surface area contributed by atoms with Crippen LogP contribution in [0.5, 0.6) is 0 Å². The Morgan fingerprint density at radius 2 is 2.19 bits per heavy atom. The van der Waals surface area contributed by atoms with Crippen molar-refractivity contribution in [3.8, 4) is 0 Å². The molecule has 0 spiro atoms. The lowest BCUT2D eigenvalue weighted by atomic mass is 9.96. The van der Waals surface area contributed by atoms with Crippen molar-refractivity contribution in [1.82, 2.24) is 10.6 Å². The van der Waals surface area contributed by atoms with Crippen LogP contribution in [0.1, 0.15) is 44.6 Å². The molecule has 3 atom stereocenters. The molecule has 3 unspecified atom stereocenters. The normalized spacial score (nSPS) is 23.0. The van der Waals surface area contributed by atoms with Gasteiger partial charge in [0.05, 0.1) is 0 Å². The molecule has 1 aliphatic heterocycles. The van der Waals surface area contributed by atoms with Crippen LogP contribution in [-0.2, 0) is 4.79 Å². The van der Waals surface area contributed by atoms with Crippen LogP contribution in [0.25, 0.3) is 0 Å². The molecular formula is C16H24ClFN2O. The van der Waals surface area contributed by atoms with Crippen molar-refractivity contribution < 1.29 is 9.18 Å². The fourth-order valence-corrected chi connectivity index (χ4v) is 2.81. The summed E-state index contributed by atoms with van der Waals surface area (Å²) in [4.78, 5) is 12.1. The molecule has 1 heterocycles. The highest BCUT2D eigenvalue weighted by Crippen LogP contribution is 2.22. The molecule has 118 valence electrons. The van der Waals surface area contributed by atoms with Crippen LogP contribution < -0.4 is 10.6 Å². The highest BCUT2D eigenvalue weighted by atomic mass is 35.5. The van der Waals surface area contributed by atoms with Crippen LogP contribution >= 0.6 is 12.4 Å². The van der Waals surface area contributed by atoms with Gasteiger partial charge >= 0.3 is 0 Å². The SMILES string of the molecule is CC1CC(NC(=O)CC(C)c2ccccc2F)CCN1.Cl. The van der Waals surface area contributed by atoms with Gasteiger partial charge in [-0.05, 0) is 43.9 Å². The van der Waals surface area contributed by atoms with E-state index < -0.39 is 0 Å². The standard InChI is InChI=1S/C16H23FN2O.ClH/c1-11(14-5-3-4-6-15(14)17)9-16(20)19-13-7-8-18-12(2)10-13;/h3-6,11-13,18H,7-10H2,1-2H3,(H,19,20);1H. The molecule has 0 aromatic heterocycles. The molecule has 3 nitrogen and oxygen atoms in total. The lowest BCUT2D eigenvalue weighted by molar-refractivity contribution is -0.122. The Balaban J connectivity index is 0.00000220. The Labute approximate surface area is 132 Å². The largest absolute Gasteiger partial charge is 0.353 e. The second-order valence-corrected chi connectivity index (χ2v) is 5.77. The first-order valence-electron chi connectivity index (χ1n) is 7.33. The Hall–Kier alpha value is -1.13. The minimum atomic E-state index is -0.233. The van der Waals surface area contributed by atoms with Gasteiger partial charge in [-0.25, -0.2) is 4.39 Å². The van der Waals surface area contributed by atoms with E-state index in [9.17, 15) is 9.18 Å². The molecule has 2 rings (SSSR count). The molecule has 0 aliphatic carbocycles. The predicted octanol–water partition coefficient (Wildman–Crippen LogP) is 3.00. The predicted molar refractivity (Wildman–Crippen MR) is 85.3 cm³/mol. The minimum absolute atomic E-state index is 0. The minimum Gasteiger partial charge on any atom is -0.353 e. The van der Waals surface area contributed by atoms with Crippen molar-refractivity contribution in [2.45, 2.75) is 51.1 Å². The zero-order chi connectivity index (χ0) is 14.5. The number of carbonyl (C=O) groups excluding carboxylic acids is 1. The maximum Gasteiger partial charge on any atom is 0.220 e. The van der Waals surface area contributed by atoms with Gasteiger partial charge in [-0.15, -0.1) is 12.4 Å². The molecule has 5 heteroatoms. The van der Waals surface area contributed by atoms with E-state index in [1.54, 1.807) is 18.2 Å². The summed E-state index contributed by atoms with van der Waals surface area (Å²) in [5.41, 5.74) is 0.612. The quantitative estimate of drug-likeness (QED) is 0.897. The Bertz CT molecular complexity index is 469. The van der Waals surface area contributed by atoms with Crippen LogP contribution in [0.15, 0.2) is 24.3 Å². The first-order valence-corrected chi connectivity index (χ1v) is 7.33. The zero-order valence-electron chi connectivity index (χ0n) is 12.6. The number of amides is 1. The van der Waals surface area contributed by atoms with E-state index in [1.807, 2.05) is 6.92 Å². The summed E-state index contributed by atoms with van der Waals surface area (Å²) in [7, 11) is 0. The first-order chi connectivity index (χ1) is 9.56. The van der Waals surface area contributed by atoms with E-state index in [0.29, 0.717) is 18.0 Å². The highest BCUT2D eigenvalue weighted by molar-refractivity contribution is 5.85. The summed E-state index contributed by atoms with van der Waals surface area (Å²) in [6.45, 7) is 4.96. The van der Waals surface area contributed by atoms with E-state index >= 15 is 0 Å². The third-order valence-electron chi connectivity index (χ3n) is 3.92. The van der Waals surface area contributed by atoms with Gasteiger partial charge < -0.3 is 10.6 Å². The van der Waals surface area contributed by atoms with Crippen molar-refractivity contribution in [2.75, 3.05) is 6.54 Å². The average molecular weight is 315 g/mol. The molecule has 21 heavy (non-hydrogen) atoms. The van der Waals surface area contributed by atoms with Gasteiger partial charge in [-0.1, -0.05) is 25.1 Å². The number of piperidine rings is 1. The Morgan fingerprint density at radius 1 is 1.48 bits per heavy atom. The number of hydrogen-bond donors (Lipinski definition) is 2. The maximum atomic E-state index is 13.7. The monoisotopic (exact) mass is 314 g/mol. The van der Waals surface area contributed by atoms with Crippen molar-refractivity contribution in [1.29, 1.82) is 0 Å². The van der Waals surface area contributed by atoms with Crippen molar-refractivity contribution >= 4 is 18.3 Å². The third-order valence-corrected chi connectivity index (χ3v) is 3.92. The van der Waals surface area contributed by atoms with Crippen molar-refractivity contribution in [3.05, 3.63) is 35.6 Å². The van der Waals surface area contributed by atoms with E-state index in [4.69, 9.17) is 0 Å². The number of nitrogens with one attached hydrogen (secondary N) is 2. The maximum absolute atomic E-state index is 13.7. The number of halogens is 2. The molecule has 2 N–H and O–H groups in total. The number of carbonyl (C=O) groups is 1. The second-order valence-electron chi connectivity index (χ2n) is 5.77. The molecule has 1 fully saturated rings. The summed E-state index contributed by atoms with van der Waals surface area (Å²) in [6.07, 6.45) is 2.25. The molecule has 0 radical (unpaired) electrons. The zero-order valence-corrected chi connectivity index (χ0v) is 13.4. The molecule has 0 saturated carbocycles. The molecule has 1 aromatic carbocycles. The molecule has 1 aromatic rings. The summed E-state index contributed by atoms with van der Waals surface area (Å²) in [5, 5.41) is 6.43. The molecule has 0 bridgehead atoms. The van der Waals surface area contributed by atoms with Crippen molar-refractivity contribution in [2.24, 2.45) is 0 Å². The fraction of sp³-hybridized carbons (Fsp3) is 0.562. The average Bonchev–Trinajstić information content (AvgIpc) is 2.38. The lowest BCUT2D eigenvalue weighted by Gasteiger charge is -2.29. The van der Waals surface area contributed by atoms with Crippen LogP contribution in [0, 0.1) is 5.82 Å². The number of hydrogen-bond acceptors (Lipinski definition) is 2. The summed E-state index contributed by atoms with van der Waals surface area (Å²) in [6, 6.07) is 7.35. The van der Waals surface area contributed by atoms with E-state index in [1.165, 1.54) is 6.07 Å². The third kappa shape index (κ3) is 5.29. The van der Waals surface area contributed by atoms with Gasteiger partial charge in [0.15, 0.2) is 0 Å². The lowest BCUT2D eigenvalue weighted by Crippen LogP contribution is -2.46. The van der Waals surface area contributed by atoms with Gasteiger partial charge in [-0.3, -0.25) is 4.79 Å². The van der Waals surface area contributed by atoms with Gasteiger partial charge in [0.1, 0.15) is 5.82 Å². The molecular weight excluding hydrogens is 291 g/mol. The summed E-state index contributed by atoms with van der Waals surface area (Å²) >= 11 is 0.